The van der Waals surface area contributed by atoms with E-state index in [-0.39, 0.29) is 12.5 Å². The van der Waals surface area contributed by atoms with E-state index in [2.05, 4.69) is 17.0 Å². The number of amides is 1. The molecule has 0 saturated carbocycles. The van der Waals surface area contributed by atoms with Crippen LogP contribution in [0.1, 0.15) is 11.1 Å². The van der Waals surface area contributed by atoms with Gasteiger partial charge in [0.25, 0.3) is 5.91 Å². The third-order valence-electron chi connectivity index (χ3n) is 5.29. The van der Waals surface area contributed by atoms with Crippen LogP contribution in [0.25, 0.3) is 6.08 Å². The molecule has 2 aromatic rings. The summed E-state index contributed by atoms with van der Waals surface area (Å²) < 4.78 is 16.1. The molecule has 0 N–H and O–H groups in total. The van der Waals surface area contributed by atoms with Crippen LogP contribution in [0.5, 0.6) is 11.5 Å². The van der Waals surface area contributed by atoms with Gasteiger partial charge in [-0.3, -0.25) is 9.69 Å². The van der Waals surface area contributed by atoms with Crippen molar-refractivity contribution in [2.24, 2.45) is 0 Å². The van der Waals surface area contributed by atoms with Crippen LogP contribution < -0.4 is 9.47 Å². The Morgan fingerprint density at radius 3 is 2.45 bits per heavy atom. The van der Waals surface area contributed by atoms with Gasteiger partial charge >= 0.3 is 5.97 Å². The third kappa shape index (κ3) is 5.86. The summed E-state index contributed by atoms with van der Waals surface area (Å²) in [7, 11) is 0. The van der Waals surface area contributed by atoms with Crippen LogP contribution in [0.2, 0.25) is 0 Å². The largest absolute Gasteiger partial charge is 0.486 e. The van der Waals surface area contributed by atoms with Gasteiger partial charge in [0.1, 0.15) is 13.2 Å². The SMILES string of the molecule is O=C(/C=C/c1ccc2c(c1)OCCO2)OCC(=O)N1CCN(Cc2ccccc2)CC1. The van der Waals surface area contributed by atoms with Crippen molar-refractivity contribution in [3.8, 4) is 11.5 Å². The zero-order valence-corrected chi connectivity index (χ0v) is 17.4. The zero-order chi connectivity index (χ0) is 21.5. The molecule has 2 aliphatic rings. The van der Waals surface area contributed by atoms with Gasteiger partial charge in [-0.05, 0) is 29.3 Å². The van der Waals surface area contributed by atoms with Crippen molar-refractivity contribution < 1.29 is 23.8 Å². The molecule has 0 aromatic heterocycles. The Kier molecular flexibility index (Phi) is 6.84. The highest BCUT2D eigenvalue weighted by molar-refractivity contribution is 5.89. The molecule has 1 amide bonds. The molecule has 31 heavy (non-hydrogen) atoms. The molecule has 0 unspecified atom stereocenters. The predicted octanol–water partition coefficient (Wildman–Crippen LogP) is 2.36. The minimum atomic E-state index is -0.550. The van der Waals surface area contributed by atoms with Crippen molar-refractivity contribution in [2.45, 2.75) is 6.54 Å². The number of carbonyl (C=O) groups is 2. The minimum absolute atomic E-state index is 0.166. The van der Waals surface area contributed by atoms with Crippen LogP contribution in [0, 0.1) is 0 Å². The molecule has 7 heteroatoms. The maximum absolute atomic E-state index is 12.4. The van der Waals surface area contributed by atoms with E-state index in [1.165, 1.54) is 11.6 Å². The molecule has 2 heterocycles. The Morgan fingerprint density at radius 2 is 1.68 bits per heavy atom. The van der Waals surface area contributed by atoms with E-state index in [0.717, 1.165) is 25.2 Å². The number of rotatable bonds is 6. The van der Waals surface area contributed by atoms with Crippen molar-refractivity contribution in [3.05, 3.63) is 65.7 Å². The van der Waals surface area contributed by atoms with Crippen LogP contribution in [0.15, 0.2) is 54.6 Å². The van der Waals surface area contributed by atoms with Crippen molar-refractivity contribution in [3.63, 3.8) is 0 Å². The highest BCUT2D eigenvalue weighted by atomic mass is 16.6. The Bertz CT molecular complexity index is 936. The lowest BCUT2D eigenvalue weighted by Gasteiger charge is -2.34. The summed E-state index contributed by atoms with van der Waals surface area (Å²) >= 11 is 0. The fourth-order valence-electron chi connectivity index (χ4n) is 3.60. The monoisotopic (exact) mass is 422 g/mol. The Hall–Kier alpha value is -3.32. The Balaban J connectivity index is 1.19. The van der Waals surface area contributed by atoms with Crippen molar-refractivity contribution in [2.75, 3.05) is 46.0 Å². The van der Waals surface area contributed by atoms with Gasteiger partial charge in [0.15, 0.2) is 18.1 Å². The second kappa shape index (κ2) is 10.1. The normalized spacial score (nSPS) is 16.3. The standard InChI is InChI=1S/C24H26N2O5/c27-23(26-12-10-25(11-13-26)17-20-4-2-1-3-5-20)18-31-24(28)9-7-19-6-8-21-22(16-19)30-15-14-29-21/h1-9,16H,10-15,17-18H2/b9-7+. The lowest BCUT2D eigenvalue weighted by atomic mass is 10.2. The van der Waals surface area contributed by atoms with Crippen LogP contribution in [0.3, 0.4) is 0 Å². The van der Waals surface area contributed by atoms with Crippen LogP contribution in [-0.4, -0.2) is 67.7 Å². The van der Waals surface area contributed by atoms with E-state index in [0.29, 0.717) is 37.8 Å². The fourth-order valence-corrected chi connectivity index (χ4v) is 3.60. The number of ether oxygens (including phenoxy) is 3. The van der Waals surface area contributed by atoms with E-state index >= 15 is 0 Å². The Labute approximate surface area is 181 Å². The first-order valence-corrected chi connectivity index (χ1v) is 10.5. The van der Waals surface area contributed by atoms with E-state index in [1.54, 1.807) is 23.1 Å². The lowest BCUT2D eigenvalue weighted by molar-refractivity contribution is -0.149. The molecule has 1 fully saturated rings. The van der Waals surface area contributed by atoms with Gasteiger partial charge in [0.05, 0.1) is 0 Å². The number of fused-ring (bicyclic) bond motifs is 1. The number of carbonyl (C=O) groups excluding carboxylic acids is 2. The average molecular weight is 422 g/mol. The maximum atomic E-state index is 12.4. The lowest BCUT2D eigenvalue weighted by Crippen LogP contribution is -2.49. The van der Waals surface area contributed by atoms with Gasteiger partial charge in [-0.1, -0.05) is 36.4 Å². The van der Waals surface area contributed by atoms with Gasteiger partial charge in [0.2, 0.25) is 0 Å². The molecule has 1 saturated heterocycles. The summed E-state index contributed by atoms with van der Waals surface area (Å²) in [6.07, 6.45) is 2.95. The summed E-state index contributed by atoms with van der Waals surface area (Å²) in [5, 5.41) is 0. The molecular formula is C24H26N2O5. The number of hydrogen-bond donors (Lipinski definition) is 0. The van der Waals surface area contributed by atoms with E-state index in [1.807, 2.05) is 24.3 Å². The van der Waals surface area contributed by atoms with Crippen LogP contribution >= 0.6 is 0 Å². The first-order chi connectivity index (χ1) is 15.2. The Morgan fingerprint density at radius 1 is 0.935 bits per heavy atom. The van der Waals surface area contributed by atoms with Crippen molar-refractivity contribution in [1.82, 2.24) is 9.80 Å². The van der Waals surface area contributed by atoms with Gasteiger partial charge in [-0.15, -0.1) is 0 Å². The first-order valence-electron chi connectivity index (χ1n) is 10.5. The van der Waals surface area contributed by atoms with Crippen molar-refractivity contribution in [1.29, 1.82) is 0 Å². The second-order valence-electron chi connectivity index (χ2n) is 7.49. The summed E-state index contributed by atoms with van der Waals surface area (Å²) in [6, 6.07) is 15.7. The first kappa shape index (κ1) is 20.9. The molecule has 0 atom stereocenters. The molecule has 4 rings (SSSR count). The third-order valence-corrected chi connectivity index (χ3v) is 5.29. The molecule has 2 aliphatic heterocycles. The van der Waals surface area contributed by atoms with Gasteiger partial charge in [-0.2, -0.15) is 0 Å². The molecule has 0 spiro atoms. The van der Waals surface area contributed by atoms with Gasteiger partial charge < -0.3 is 19.1 Å². The molecular weight excluding hydrogens is 396 g/mol. The molecule has 162 valence electrons. The van der Waals surface area contributed by atoms with Gasteiger partial charge in [0, 0.05) is 38.8 Å². The number of benzene rings is 2. The number of hydrogen-bond acceptors (Lipinski definition) is 6. The van der Waals surface area contributed by atoms with E-state index < -0.39 is 5.97 Å². The maximum Gasteiger partial charge on any atom is 0.331 e. The van der Waals surface area contributed by atoms with E-state index in [9.17, 15) is 9.59 Å². The summed E-state index contributed by atoms with van der Waals surface area (Å²) in [5.74, 6) is 0.634. The second-order valence-corrected chi connectivity index (χ2v) is 7.49. The topological polar surface area (TPSA) is 68.3 Å². The van der Waals surface area contributed by atoms with Crippen LogP contribution in [0.4, 0.5) is 0 Å². The minimum Gasteiger partial charge on any atom is -0.486 e. The highest BCUT2D eigenvalue weighted by Gasteiger charge is 2.21. The highest BCUT2D eigenvalue weighted by Crippen LogP contribution is 2.31. The summed E-state index contributed by atoms with van der Waals surface area (Å²) in [6.45, 7) is 4.55. The van der Waals surface area contributed by atoms with Gasteiger partial charge in [-0.25, -0.2) is 4.79 Å². The average Bonchev–Trinajstić information content (AvgIpc) is 2.82. The van der Waals surface area contributed by atoms with Crippen LogP contribution in [-0.2, 0) is 20.9 Å². The van der Waals surface area contributed by atoms with E-state index in [4.69, 9.17) is 14.2 Å². The summed E-state index contributed by atoms with van der Waals surface area (Å²) in [5.41, 5.74) is 2.06. The smallest absolute Gasteiger partial charge is 0.331 e. The molecule has 2 aromatic carbocycles. The number of nitrogens with zero attached hydrogens (tertiary/aromatic N) is 2. The quantitative estimate of drug-likeness (QED) is 0.526. The fraction of sp³-hybridized carbons (Fsp3) is 0.333. The number of piperazine rings is 1. The van der Waals surface area contributed by atoms with Crippen molar-refractivity contribution >= 4 is 18.0 Å². The summed E-state index contributed by atoms with van der Waals surface area (Å²) in [4.78, 5) is 28.5. The number of esters is 1. The molecule has 0 aliphatic carbocycles. The molecule has 0 bridgehead atoms. The molecule has 7 nitrogen and oxygen atoms in total. The predicted molar refractivity (Wildman–Crippen MR) is 116 cm³/mol. The zero-order valence-electron chi connectivity index (χ0n) is 17.4. The molecule has 0 radical (unpaired) electrons.